The molecule has 4 saturated carbocycles. The standard InChI is InChI=1S/C34H36O7Se2/c1-20(35)40-25-15-17-34-24-14-16-32(43-22-12-8-5-9-13-22)19-33(24,28(36)23(32)18-42-21-10-6-4-7-11-21)26(29(37)39-3)27(34)31(25,2)30(38)41-34/h4-13,23-27H,14-19H2,1-3H3/t23?,24-,25+,26-,27-,31-,32+,33-,34-/m1/s1. The fourth-order valence-electron chi connectivity index (χ4n) is 9.86. The molecule has 2 aromatic rings. The molecule has 4 bridgehead atoms. The van der Waals surface area contributed by atoms with Gasteiger partial charge in [0.05, 0.1) is 0 Å². The summed E-state index contributed by atoms with van der Waals surface area (Å²) in [5.41, 5.74) is -3.14. The summed E-state index contributed by atoms with van der Waals surface area (Å²) >= 11 is 0.0923. The van der Waals surface area contributed by atoms with Crippen LogP contribution < -0.4 is 8.92 Å². The third-order valence-electron chi connectivity index (χ3n) is 11.3. The fourth-order valence-corrected chi connectivity index (χ4v) is 16.3. The Morgan fingerprint density at radius 3 is 2.30 bits per heavy atom. The zero-order valence-corrected chi connectivity index (χ0v) is 28.0. The molecule has 1 unspecified atom stereocenters. The SMILES string of the molecule is COC(=O)[C@H]1[C@H]2[C@@]3(CC[C@H](OC(C)=O)[C@@]2(C)C(=O)O3)[C@@H]2CC[C@]3([Se]c4ccccc4)C[C@]12C(=O)C3C[Se]c1ccccc1. The summed E-state index contributed by atoms with van der Waals surface area (Å²) in [4.78, 5) is 55.3. The van der Waals surface area contributed by atoms with Crippen LogP contribution in [0.4, 0.5) is 0 Å². The summed E-state index contributed by atoms with van der Waals surface area (Å²) in [7, 11) is 1.37. The van der Waals surface area contributed by atoms with Crippen LogP contribution in [0.3, 0.4) is 0 Å². The van der Waals surface area contributed by atoms with Crippen LogP contribution in [0, 0.1) is 34.5 Å². The van der Waals surface area contributed by atoms with E-state index in [1.54, 1.807) is 6.92 Å². The normalized spacial score (nSPS) is 40.4. The third-order valence-corrected chi connectivity index (χ3v) is 16.9. The van der Waals surface area contributed by atoms with Crippen LogP contribution in [0.5, 0.6) is 0 Å². The Labute approximate surface area is 264 Å². The van der Waals surface area contributed by atoms with Crippen LogP contribution in [-0.4, -0.2) is 72.4 Å². The number of carbonyl (C=O) groups excluding carboxylic acids is 4. The van der Waals surface area contributed by atoms with Crippen LogP contribution in [-0.2, 0) is 33.4 Å². The third kappa shape index (κ3) is 3.97. The molecule has 7 nitrogen and oxygen atoms in total. The summed E-state index contributed by atoms with van der Waals surface area (Å²) in [6.07, 6.45) is 2.42. The second-order valence-electron chi connectivity index (χ2n) is 13.1. The molecule has 5 fully saturated rings. The number of carbonyl (C=O) groups is 4. The van der Waals surface area contributed by atoms with Gasteiger partial charge in [0.2, 0.25) is 0 Å². The predicted molar refractivity (Wildman–Crippen MR) is 160 cm³/mol. The minimum atomic E-state index is -1.23. The van der Waals surface area contributed by atoms with Gasteiger partial charge in [-0.05, 0) is 0 Å². The van der Waals surface area contributed by atoms with Crippen molar-refractivity contribution in [2.24, 2.45) is 34.5 Å². The first-order valence-corrected chi connectivity index (χ1v) is 18.9. The molecule has 226 valence electrons. The Hall–Kier alpha value is -2.44. The molecule has 0 amide bonds. The van der Waals surface area contributed by atoms with Crippen molar-refractivity contribution in [3.8, 4) is 0 Å². The molecule has 0 N–H and O–H groups in total. The topological polar surface area (TPSA) is 96.0 Å². The van der Waals surface area contributed by atoms with Crippen LogP contribution >= 0.6 is 0 Å². The van der Waals surface area contributed by atoms with Gasteiger partial charge in [0.1, 0.15) is 0 Å². The van der Waals surface area contributed by atoms with E-state index in [4.69, 9.17) is 14.2 Å². The summed E-state index contributed by atoms with van der Waals surface area (Å²) in [5.74, 6) is -3.05. The Kier molecular flexibility index (Phi) is 7.01. The van der Waals surface area contributed by atoms with Gasteiger partial charge in [-0.25, -0.2) is 0 Å². The summed E-state index contributed by atoms with van der Waals surface area (Å²) in [6, 6.07) is 20.8. The number of fused-ring (bicyclic) bond motifs is 1. The molecule has 2 aromatic carbocycles. The number of methoxy groups -OCH3 is 1. The molecule has 43 heavy (non-hydrogen) atoms. The predicted octanol–water partition coefficient (Wildman–Crippen LogP) is 3.05. The van der Waals surface area contributed by atoms with Gasteiger partial charge in [-0.3, -0.25) is 0 Å². The minimum absolute atomic E-state index is 0.00178. The molecule has 4 aliphatic carbocycles. The van der Waals surface area contributed by atoms with E-state index in [0.717, 1.165) is 18.2 Å². The molecule has 1 spiro atoms. The maximum absolute atomic E-state index is 15.3. The van der Waals surface area contributed by atoms with Gasteiger partial charge >= 0.3 is 265 Å². The molecular formula is C34H36O7Se2. The van der Waals surface area contributed by atoms with Gasteiger partial charge < -0.3 is 0 Å². The van der Waals surface area contributed by atoms with E-state index in [1.807, 2.05) is 24.3 Å². The van der Waals surface area contributed by atoms with E-state index in [-0.39, 0.29) is 51.8 Å². The summed E-state index contributed by atoms with van der Waals surface area (Å²) < 4.78 is 20.0. The molecule has 7 rings (SSSR count). The second kappa shape index (κ2) is 10.3. The number of benzene rings is 2. The van der Waals surface area contributed by atoms with Gasteiger partial charge in [-0.15, -0.1) is 0 Å². The summed E-state index contributed by atoms with van der Waals surface area (Å²) in [5, 5.41) is 0.775. The van der Waals surface area contributed by atoms with E-state index in [2.05, 4.69) is 36.4 Å². The zero-order chi connectivity index (χ0) is 30.2. The van der Waals surface area contributed by atoms with Crippen molar-refractivity contribution < 1.29 is 33.4 Å². The Balaban J connectivity index is 1.37. The zero-order valence-electron chi connectivity index (χ0n) is 24.6. The molecule has 1 heterocycles. The maximum atomic E-state index is 15.3. The first-order valence-electron chi connectivity index (χ1n) is 15.1. The summed E-state index contributed by atoms with van der Waals surface area (Å²) in [6.45, 7) is 3.13. The van der Waals surface area contributed by atoms with Crippen molar-refractivity contribution in [1.29, 1.82) is 0 Å². The van der Waals surface area contributed by atoms with E-state index in [0.29, 0.717) is 19.3 Å². The van der Waals surface area contributed by atoms with Crippen LogP contribution in [0.25, 0.3) is 0 Å². The van der Waals surface area contributed by atoms with Crippen molar-refractivity contribution >= 4 is 62.5 Å². The number of ether oxygens (including phenoxy) is 3. The number of hydrogen-bond acceptors (Lipinski definition) is 7. The number of rotatable bonds is 7. The van der Waals surface area contributed by atoms with E-state index >= 15 is 4.79 Å². The molecule has 1 saturated heterocycles. The van der Waals surface area contributed by atoms with Crippen molar-refractivity contribution in [3.63, 3.8) is 0 Å². The van der Waals surface area contributed by atoms with Gasteiger partial charge in [-0.2, -0.15) is 0 Å². The van der Waals surface area contributed by atoms with Crippen LogP contribution in [0.2, 0.25) is 9.63 Å². The fraction of sp³-hybridized carbons (Fsp3) is 0.529. The molecule has 0 aromatic heterocycles. The average molecular weight is 715 g/mol. The Bertz CT molecular complexity index is 1480. The number of Topliss-reactive ketones (excluding diaryl/α,β-unsaturated/α-hetero) is 1. The molecule has 9 heteroatoms. The van der Waals surface area contributed by atoms with Crippen LogP contribution in [0.1, 0.15) is 46.0 Å². The van der Waals surface area contributed by atoms with Crippen LogP contribution in [0.15, 0.2) is 60.7 Å². The quantitative estimate of drug-likeness (QED) is 0.247. The van der Waals surface area contributed by atoms with Crippen molar-refractivity contribution in [2.45, 2.75) is 67.3 Å². The molecule has 1 aliphatic heterocycles. The number of ketones is 1. The second-order valence-corrected chi connectivity index (χ2v) is 18.5. The van der Waals surface area contributed by atoms with Crippen molar-refractivity contribution in [2.75, 3.05) is 7.11 Å². The Morgan fingerprint density at radius 2 is 1.65 bits per heavy atom. The molecule has 0 radical (unpaired) electrons. The monoisotopic (exact) mass is 716 g/mol. The molecule has 9 atom stereocenters. The van der Waals surface area contributed by atoms with E-state index in [1.165, 1.54) is 23.0 Å². The van der Waals surface area contributed by atoms with Gasteiger partial charge in [0, 0.05) is 0 Å². The number of hydrogen-bond donors (Lipinski definition) is 0. The van der Waals surface area contributed by atoms with E-state index < -0.39 is 52.3 Å². The van der Waals surface area contributed by atoms with Crippen molar-refractivity contribution in [1.82, 2.24) is 0 Å². The van der Waals surface area contributed by atoms with Gasteiger partial charge in [0.25, 0.3) is 0 Å². The van der Waals surface area contributed by atoms with Crippen molar-refractivity contribution in [3.05, 3.63) is 60.7 Å². The molecule has 5 aliphatic rings. The average Bonchev–Trinajstić information content (AvgIpc) is 3.42. The van der Waals surface area contributed by atoms with Gasteiger partial charge in [-0.1, -0.05) is 0 Å². The van der Waals surface area contributed by atoms with E-state index in [9.17, 15) is 14.4 Å². The number of esters is 3. The Morgan fingerprint density at radius 1 is 0.977 bits per heavy atom. The van der Waals surface area contributed by atoms with Gasteiger partial charge in [0.15, 0.2) is 0 Å². The molecular weight excluding hydrogens is 678 g/mol. The first-order chi connectivity index (χ1) is 20.6. The first kappa shape index (κ1) is 29.3.